The van der Waals surface area contributed by atoms with Crippen molar-refractivity contribution in [1.29, 1.82) is 0 Å². The molecule has 0 saturated carbocycles. The van der Waals surface area contributed by atoms with E-state index in [9.17, 15) is 32.7 Å². The van der Waals surface area contributed by atoms with Crippen LogP contribution in [-0.2, 0) is 16.7 Å². The number of alkyl halides is 3. The highest BCUT2D eigenvalue weighted by Crippen LogP contribution is 2.35. The number of nitrogens with zero attached hydrogens (tertiary/aromatic N) is 2. The summed E-state index contributed by atoms with van der Waals surface area (Å²) in [7, 11) is 0. The molecule has 1 unspecified atom stereocenters. The van der Waals surface area contributed by atoms with E-state index in [1.165, 1.54) is 30.0 Å². The van der Waals surface area contributed by atoms with Crippen molar-refractivity contribution in [2.75, 3.05) is 35.7 Å². The number of anilines is 2. The van der Waals surface area contributed by atoms with Gasteiger partial charge in [-0.15, -0.1) is 0 Å². The Kier molecular flexibility index (Phi) is 11.5. The minimum atomic E-state index is -4.68. The molecule has 0 bridgehead atoms. The Balaban J connectivity index is 1.59. The third-order valence-corrected chi connectivity index (χ3v) is 8.34. The summed E-state index contributed by atoms with van der Waals surface area (Å²) in [6, 6.07) is 14.8. The summed E-state index contributed by atoms with van der Waals surface area (Å²) in [6.45, 7) is 0.839. The molecule has 0 aromatic heterocycles. The number of carboxylic acid groups (broad SMARTS) is 1. The molecule has 0 radical (unpaired) electrons. The molecule has 1 atom stereocenters. The number of nitrogens with one attached hydrogen (secondary N) is 2. The Bertz CT molecular complexity index is 1590. The van der Waals surface area contributed by atoms with Crippen molar-refractivity contribution < 1.29 is 37.8 Å². The van der Waals surface area contributed by atoms with Crippen LogP contribution >= 0.6 is 23.4 Å². The predicted molar refractivity (Wildman–Crippen MR) is 168 cm³/mol. The number of aliphatic hydroxyl groups is 1. The molecule has 1 heterocycles. The van der Waals surface area contributed by atoms with E-state index in [0.29, 0.717) is 42.1 Å². The summed E-state index contributed by atoms with van der Waals surface area (Å²) >= 11 is 7.19. The molecule has 1 aliphatic rings. The second-order valence-electron chi connectivity index (χ2n) is 10.2. The molecule has 4 rings (SSSR count). The molecule has 0 spiro atoms. The van der Waals surface area contributed by atoms with E-state index < -0.39 is 40.5 Å². The largest absolute Gasteiger partial charge is 0.481 e. The van der Waals surface area contributed by atoms with Crippen molar-refractivity contribution in [2.45, 2.75) is 24.8 Å². The monoisotopic (exact) mass is 662 g/mol. The quantitative estimate of drug-likeness (QED) is 0.114. The highest BCUT2D eigenvalue weighted by molar-refractivity contribution is 7.98. The van der Waals surface area contributed by atoms with Crippen molar-refractivity contribution in [3.05, 3.63) is 93.5 Å². The summed E-state index contributed by atoms with van der Waals surface area (Å²) in [5.74, 6) is -1.59. The predicted octanol–water partition coefficient (Wildman–Crippen LogP) is 5.90. The van der Waals surface area contributed by atoms with Gasteiger partial charge in [-0.3, -0.25) is 14.4 Å². The summed E-state index contributed by atoms with van der Waals surface area (Å²) < 4.78 is 39.7. The van der Waals surface area contributed by atoms with Gasteiger partial charge in [-0.2, -0.15) is 30.0 Å². The van der Waals surface area contributed by atoms with E-state index in [0.717, 1.165) is 23.9 Å². The number of amides is 2. The van der Waals surface area contributed by atoms with Gasteiger partial charge in [0.2, 0.25) is 0 Å². The lowest BCUT2D eigenvalue weighted by molar-refractivity contribution is -0.142. The molecular weight excluding hydrogens is 633 g/mol. The zero-order chi connectivity index (χ0) is 32.6. The van der Waals surface area contributed by atoms with Gasteiger partial charge < -0.3 is 20.4 Å². The van der Waals surface area contributed by atoms with Crippen LogP contribution in [-0.4, -0.2) is 59.7 Å². The van der Waals surface area contributed by atoms with Crippen molar-refractivity contribution in [1.82, 2.24) is 5.43 Å². The average molecular weight is 663 g/mol. The number of aliphatic carboxylic acids is 1. The number of benzene rings is 3. The zero-order valence-corrected chi connectivity index (χ0v) is 25.4. The number of piperidine rings is 1. The Hall–Kier alpha value is -4.07. The van der Waals surface area contributed by atoms with Gasteiger partial charge in [-0.05, 0) is 66.4 Å². The number of thioether (sulfide) groups is 1. The van der Waals surface area contributed by atoms with Crippen molar-refractivity contribution in [3.63, 3.8) is 0 Å². The van der Waals surface area contributed by atoms with Gasteiger partial charge in [0, 0.05) is 35.8 Å². The first-order valence-electron chi connectivity index (χ1n) is 13.9. The number of carbonyl (C=O) groups is 3. The van der Waals surface area contributed by atoms with E-state index in [4.69, 9.17) is 16.7 Å². The molecule has 2 amide bonds. The van der Waals surface area contributed by atoms with Gasteiger partial charge in [0.25, 0.3) is 11.8 Å². The smallest absolute Gasteiger partial charge is 0.417 e. The third-order valence-electron chi connectivity index (χ3n) is 7.00. The molecule has 3 aromatic carbocycles. The molecule has 1 fully saturated rings. The van der Waals surface area contributed by atoms with Crippen LogP contribution in [0.5, 0.6) is 0 Å². The maximum absolute atomic E-state index is 13.3. The highest BCUT2D eigenvalue weighted by Gasteiger charge is 2.33. The molecule has 0 aliphatic carbocycles. The first kappa shape index (κ1) is 33.8. The van der Waals surface area contributed by atoms with Gasteiger partial charge in [0.1, 0.15) is 0 Å². The first-order valence-corrected chi connectivity index (χ1v) is 15.4. The third kappa shape index (κ3) is 9.22. The van der Waals surface area contributed by atoms with E-state index in [2.05, 4.69) is 15.8 Å². The number of carboxylic acids is 1. The number of rotatable bonds is 11. The van der Waals surface area contributed by atoms with Gasteiger partial charge >= 0.3 is 12.1 Å². The summed E-state index contributed by atoms with van der Waals surface area (Å²) in [5.41, 5.74) is 3.22. The van der Waals surface area contributed by atoms with Crippen molar-refractivity contribution in [2.24, 2.45) is 11.0 Å². The topological polar surface area (TPSA) is 131 Å². The van der Waals surface area contributed by atoms with E-state index in [1.54, 1.807) is 24.3 Å². The Morgan fingerprint density at radius 2 is 1.89 bits per heavy atom. The van der Waals surface area contributed by atoms with Crippen molar-refractivity contribution in [3.8, 4) is 0 Å². The van der Waals surface area contributed by atoms with Gasteiger partial charge in [0.05, 0.1) is 40.6 Å². The summed E-state index contributed by atoms with van der Waals surface area (Å²) in [5, 5.41) is 24.6. The van der Waals surface area contributed by atoms with Crippen LogP contribution in [0, 0.1) is 5.92 Å². The van der Waals surface area contributed by atoms with Crippen LogP contribution in [0.15, 0.2) is 65.8 Å². The number of hydrogen-bond donors (Lipinski definition) is 4. The lowest BCUT2D eigenvalue weighted by atomic mass is 9.97. The molecule has 238 valence electrons. The SMILES string of the molecule is O=C(Nc1ccc(N2CCCC(C(=O)O)C2)cc1C(=O)NN=Cc1ccc(Cl)c(C(F)(F)F)c1)c1cccc(CSCCO)c1. The number of hydrogen-bond acceptors (Lipinski definition) is 7. The number of hydrazone groups is 1. The number of halogens is 4. The van der Waals surface area contributed by atoms with Crippen LogP contribution in [0.25, 0.3) is 0 Å². The zero-order valence-electron chi connectivity index (χ0n) is 23.8. The maximum Gasteiger partial charge on any atom is 0.417 e. The lowest BCUT2D eigenvalue weighted by Crippen LogP contribution is -2.38. The molecule has 9 nitrogen and oxygen atoms in total. The number of aliphatic hydroxyl groups excluding tert-OH is 1. The van der Waals surface area contributed by atoms with Crippen LogP contribution in [0.2, 0.25) is 5.02 Å². The van der Waals surface area contributed by atoms with E-state index in [1.807, 2.05) is 11.0 Å². The Morgan fingerprint density at radius 1 is 1.09 bits per heavy atom. The van der Waals surface area contributed by atoms with Crippen molar-refractivity contribution >= 4 is 58.7 Å². The van der Waals surface area contributed by atoms with E-state index in [-0.39, 0.29) is 30.0 Å². The van der Waals surface area contributed by atoms with Crippen LogP contribution in [0.3, 0.4) is 0 Å². The average Bonchev–Trinajstić information content (AvgIpc) is 3.01. The highest BCUT2D eigenvalue weighted by atomic mass is 35.5. The molecule has 3 aromatic rings. The fourth-order valence-corrected chi connectivity index (χ4v) is 5.67. The molecular formula is C31H30ClF3N4O5S. The summed E-state index contributed by atoms with van der Waals surface area (Å²) in [6.07, 6.45) is -2.48. The van der Waals surface area contributed by atoms with E-state index >= 15 is 0 Å². The van der Waals surface area contributed by atoms with Gasteiger partial charge in [-0.25, -0.2) is 5.43 Å². The Morgan fingerprint density at radius 3 is 2.62 bits per heavy atom. The first-order chi connectivity index (χ1) is 21.5. The second kappa shape index (κ2) is 15.3. The fourth-order valence-electron chi connectivity index (χ4n) is 4.76. The molecule has 45 heavy (non-hydrogen) atoms. The molecule has 4 N–H and O–H groups in total. The Labute approximate surface area is 266 Å². The number of carbonyl (C=O) groups excluding carboxylic acids is 2. The minimum Gasteiger partial charge on any atom is -0.481 e. The fraction of sp³-hybridized carbons (Fsp3) is 0.290. The maximum atomic E-state index is 13.3. The lowest BCUT2D eigenvalue weighted by Gasteiger charge is -2.33. The molecule has 1 saturated heterocycles. The van der Waals surface area contributed by atoms with Gasteiger partial charge in [-0.1, -0.05) is 29.8 Å². The molecule has 1 aliphatic heterocycles. The van der Waals surface area contributed by atoms with Crippen LogP contribution in [0.4, 0.5) is 24.5 Å². The second-order valence-corrected chi connectivity index (χ2v) is 11.7. The van der Waals surface area contributed by atoms with Crippen LogP contribution < -0.4 is 15.6 Å². The summed E-state index contributed by atoms with van der Waals surface area (Å²) in [4.78, 5) is 40.0. The molecule has 14 heteroatoms. The minimum absolute atomic E-state index is 0.0113. The van der Waals surface area contributed by atoms with Gasteiger partial charge in [0.15, 0.2) is 0 Å². The van der Waals surface area contributed by atoms with Crippen LogP contribution in [0.1, 0.15) is 50.2 Å². The normalized spacial score (nSPS) is 15.2. The standard InChI is InChI=1S/C31H30ClF3N4O5S/c32-26-8-6-19(14-25(26)31(33,34)35)16-36-38-29(42)24-15-23(39-10-2-5-22(17-39)30(43)44)7-9-27(24)37-28(41)21-4-1-3-20(13-21)18-45-12-11-40/h1,3-4,6-9,13-16,22,40H,2,5,10-12,17-18H2,(H,37,41)(H,38,42)(H,43,44).